The normalized spacial score (nSPS) is 19.0. The average Bonchev–Trinajstić information content (AvgIpc) is 2.92. The lowest BCUT2D eigenvalue weighted by atomic mass is 9.86. The predicted molar refractivity (Wildman–Crippen MR) is 114 cm³/mol. The Morgan fingerprint density at radius 1 is 1.17 bits per heavy atom. The Bertz CT molecular complexity index is 803. The summed E-state index contributed by atoms with van der Waals surface area (Å²) in [5, 5.41) is 5.63. The summed E-state index contributed by atoms with van der Waals surface area (Å²) >= 11 is 0. The molecule has 1 aromatic heterocycles. The van der Waals surface area contributed by atoms with Crippen LogP contribution < -0.4 is 10.6 Å². The van der Waals surface area contributed by atoms with Crippen LogP contribution in [-0.2, 0) is 17.9 Å². The quantitative estimate of drug-likeness (QED) is 0.813. The van der Waals surface area contributed by atoms with E-state index in [0.717, 1.165) is 50.3 Å². The maximum absolute atomic E-state index is 13.3. The minimum absolute atomic E-state index is 0.191. The second kappa shape index (κ2) is 8.69. The highest BCUT2D eigenvalue weighted by atomic mass is 16.2. The summed E-state index contributed by atoms with van der Waals surface area (Å²) < 4.78 is 2.24. The van der Waals surface area contributed by atoms with Gasteiger partial charge in [0, 0.05) is 20.1 Å². The summed E-state index contributed by atoms with van der Waals surface area (Å²) in [7, 11) is 3.67. The largest absolute Gasteiger partial charge is 0.357 e. The standard InChI is InChI=1S/C22H35N5O2/c1-22(2,3)18(21(29)23-4)25-20(28)17-16-14-26(5)12-9-13-27(16)19(24-17)15-10-7-6-8-11-15/h10,18H,6-9,11-14H2,1-5H3,(H,23,29)(H,25,28). The van der Waals surface area contributed by atoms with Gasteiger partial charge in [0.1, 0.15) is 11.9 Å². The van der Waals surface area contributed by atoms with Crippen molar-refractivity contribution in [3.8, 4) is 0 Å². The van der Waals surface area contributed by atoms with E-state index in [1.165, 1.54) is 12.0 Å². The predicted octanol–water partition coefficient (Wildman–Crippen LogP) is 2.57. The van der Waals surface area contributed by atoms with Gasteiger partial charge >= 0.3 is 0 Å². The van der Waals surface area contributed by atoms with Crippen LogP contribution in [0.1, 0.15) is 74.9 Å². The molecule has 0 saturated heterocycles. The first-order valence-corrected chi connectivity index (χ1v) is 10.7. The molecule has 0 saturated carbocycles. The molecule has 29 heavy (non-hydrogen) atoms. The number of fused-ring (bicyclic) bond motifs is 1. The van der Waals surface area contributed by atoms with E-state index in [1.807, 2.05) is 20.8 Å². The molecule has 0 spiro atoms. The highest BCUT2D eigenvalue weighted by molar-refractivity contribution is 5.97. The fourth-order valence-corrected chi connectivity index (χ4v) is 4.21. The smallest absolute Gasteiger partial charge is 0.272 e. The van der Waals surface area contributed by atoms with Gasteiger partial charge in [0.2, 0.25) is 5.91 Å². The third-order valence-corrected chi connectivity index (χ3v) is 5.86. The van der Waals surface area contributed by atoms with Gasteiger partial charge in [0.15, 0.2) is 5.69 Å². The van der Waals surface area contributed by atoms with Crippen molar-refractivity contribution in [1.29, 1.82) is 0 Å². The Hall–Kier alpha value is -2.15. The third-order valence-electron chi connectivity index (χ3n) is 5.86. The van der Waals surface area contributed by atoms with E-state index in [-0.39, 0.29) is 11.8 Å². The summed E-state index contributed by atoms with van der Waals surface area (Å²) in [6.45, 7) is 8.39. The molecule has 3 rings (SSSR count). The molecule has 1 aliphatic heterocycles. The van der Waals surface area contributed by atoms with E-state index in [1.54, 1.807) is 7.05 Å². The molecule has 2 N–H and O–H groups in total. The van der Waals surface area contributed by atoms with E-state index < -0.39 is 11.5 Å². The first-order valence-electron chi connectivity index (χ1n) is 10.7. The molecule has 0 aromatic carbocycles. The van der Waals surface area contributed by atoms with Gasteiger partial charge in [-0.3, -0.25) is 9.59 Å². The van der Waals surface area contributed by atoms with Crippen molar-refractivity contribution >= 4 is 17.4 Å². The van der Waals surface area contributed by atoms with Gasteiger partial charge in [0.25, 0.3) is 5.91 Å². The van der Waals surface area contributed by atoms with Crippen LogP contribution in [-0.4, -0.2) is 52.9 Å². The zero-order valence-electron chi connectivity index (χ0n) is 18.5. The molecule has 7 nitrogen and oxygen atoms in total. The summed E-state index contributed by atoms with van der Waals surface area (Å²) in [5.41, 5.74) is 2.25. The third kappa shape index (κ3) is 4.71. The molecular weight excluding hydrogens is 366 g/mol. The molecular formula is C22H35N5O2. The van der Waals surface area contributed by atoms with Gasteiger partial charge < -0.3 is 20.1 Å². The molecule has 2 amide bonds. The molecule has 7 heteroatoms. The number of nitrogens with one attached hydrogen (secondary N) is 2. The number of nitrogens with zero attached hydrogens (tertiary/aromatic N) is 3. The fourth-order valence-electron chi connectivity index (χ4n) is 4.21. The molecule has 1 aromatic rings. The molecule has 0 fully saturated rings. The second-order valence-electron chi connectivity index (χ2n) is 9.34. The lowest BCUT2D eigenvalue weighted by Gasteiger charge is -2.29. The van der Waals surface area contributed by atoms with Crippen LogP contribution in [0.2, 0.25) is 0 Å². The Kier molecular flexibility index (Phi) is 6.46. The number of carbonyl (C=O) groups excluding carboxylic acids is 2. The summed E-state index contributed by atoms with van der Waals surface area (Å²) in [4.78, 5) is 32.8. The van der Waals surface area contributed by atoms with E-state index in [4.69, 9.17) is 4.98 Å². The number of allylic oxidation sites excluding steroid dienone is 2. The van der Waals surface area contributed by atoms with Crippen molar-refractivity contribution in [2.75, 3.05) is 20.6 Å². The first kappa shape index (κ1) is 21.6. The van der Waals surface area contributed by atoms with Crippen LogP contribution in [0.25, 0.3) is 5.57 Å². The van der Waals surface area contributed by atoms with E-state index in [2.05, 4.69) is 33.2 Å². The molecule has 0 bridgehead atoms. The van der Waals surface area contributed by atoms with E-state index in [9.17, 15) is 9.59 Å². The monoisotopic (exact) mass is 401 g/mol. The number of rotatable bonds is 4. The Labute approximate surface area is 173 Å². The number of hydrogen-bond donors (Lipinski definition) is 2. The van der Waals surface area contributed by atoms with Crippen molar-refractivity contribution in [1.82, 2.24) is 25.1 Å². The molecule has 0 radical (unpaired) electrons. The van der Waals surface area contributed by atoms with Crippen LogP contribution in [0.15, 0.2) is 6.08 Å². The molecule has 2 heterocycles. The topological polar surface area (TPSA) is 79.3 Å². The van der Waals surface area contributed by atoms with Crippen molar-refractivity contribution < 1.29 is 9.59 Å². The van der Waals surface area contributed by atoms with Gasteiger partial charge in [-0.2, -0.15) is 0 Å². The highest BCUT2D eigenvalue weighted by Crippen LogP contribution is 2.30. The van der Waals surface area contributed by atoms with Crippen LogP contribution >= 0.6 is 0 Å². The van der Waals surface area contributed by atoms with Gasteiger partial charge in [-0.1, -0.05) is 26.8 Å². The van der Waals surface area contributed by atoms with Crippen molar-refractivity contribution in [2.45, 2.75) is 72.0 Å². The Morgan fingerprint density at radius 2 is 1.93 bits per heavy atom. The van der Waals surface area contributed by atoms with Crippen LogP contribution in [0.5, 0.6) is 0 Å². The minimum Gasteiger partial charge on any atom is -0.357 e. The summed E-state index contributed by atoms with van der Waals surface area (Å²) in [6, 6.07) is -0.627. The highest BCUT2D eigenvalue weighted by Gasteiger charge is 2.34. The number of likely N-dealkylation sites (N-methyl/N-ethyl adjacent to an activating group) is 1. The van der Waals surface area contributed by atoms with Crippen LogP contribution in [0.3, 0.4) is 0 Å². The number of aromatic nitrogens is 2. The zero-order chi connectivity index (χ0) is 21.2. The number of carbonyl (C=O) groups is 2. The molecule has 1 atom stereocenters. The van der Waals surface area contributed by atoms with Gasteiger partial charge in [-0.05, 0) is 56.7 Å². The number of imidazole rings is 1. The van der Waals surface area contributed by atoms with Gasteiger partial charge in [-0.25, -0.2) is 4.98 Å². The SMILES string of the molecule is CNC(=O)C(NC(=O)c1nc(C2=CCCCC2)n2c1CN(C)CCC2)C(C)(C)C. The Balaban J connectivity index is 1.99. The van der Waals surface area contributed by atoms with E-state index >= 15 is 0 Å². The lowest BCUT2D eigenvalue weighted by molar-refractivity contribution is -0.124. The number of hydrogen-bond acceptors (Lipinski definition) is 4. The first-order chi connectivity index (χ1) is 13.7. The summed E-state index contributed by atoms with van der Waals surface area (Å²) in [6.07, 6.45) is 7.77. The Morgan fingerprint density at radius 3 is 2.55 bits per heavy atom. The maximum atomic E-state index is 13.3. The molecule has 1 unspecified atom stereocenters. The number of amides is 2. The molecule has 2 aliphatic rings. The molecule has 1 aliphatic carbocycles. The van der Waals surface area contributed by atoms with Gasteiger partial charge in [0.05, 0.1) is 5.69 Å². The van der Waals surface area contributed by atoms with Crippen molar-refractivity contribution in [3.63, 3.8) is 0 Å². The fraction of sp³-hybridized carbons (Fsp3) is 0.682. The zero-order valence-corrected chi connectivity index (χ0v) is 18.5. The minimum atomic E-state index is -0.627. The van der Waals surface area contributed by atoms with Crippen LogP contribution in [0, 0.1) is 5.41 Å². The van der Waals surface area contributed by atoms with Crippen LogP contribution in [0.4, 0.5) is 0 Å². The molecule has 160 valence electrons. The van der Waals surface area contributed by atoms with Crippen molar-refractivity contribution in [3.05, 3.63) is 23.3 Å². The van der Waals surface area contributed by atoms with E-state index in [0.29, 0.717) is 12.2 Å². The summed E-state index contributed by atoms with van der Waals surface area (Å²) in [5.74, 6) is 0.478. The van der Waals surface area contributed by atoms with Crippen molar-refractivity contribution in [2.24, 2.45) is 5.41 Å². The lowest BCUT2D eigenvalue weighted by Crippen LogP contribution is -2.53. The van der Waals surface area contributed by atoms with Gasteiger partial charge in [-0.15, -0.1) is 0 Å². The average molecular weight is 402 g/mol. The second-order valence-corrected chi connectivity index (χ2v) is 9.34. The maximum Gasteiger partial charge on any atom is 0.272 e.